The standard InChI is InChI=1S/C12H17N5O2S/c1-13-11-4-3-6-14-12(11)20(18,19)16-7-5-10-8-15-17(2)9-10/h3-4,6,8-9,13,16H,5,7H2,1-2H3. The quantitative estimate of drug-likeness (QED) is 0.804. The summed E-state index contributed by atoms with van der Waals surface area (Å²) in [6.45, 7) is 0.299. The maximum atomic E-state index is 12.2. The molecule has 108 valence electrons. The summed E-state index contributed by atoms with van der Waals surface area (Å²) in [5.74, 6) is 0. The highest BCUT2D eigenvalue weighted by molar-refractivity contribution is 7.89. The predicted octanol–water partition coefficient (Wildman–Crippen LogP) is 0.378. The van der Waals surface area contributed by atoms with Gasteiger partial charge in [0.1, 0.15) is 0 Å². The average Bonchev–Trinajstić information content (AvgIpc) is 2.84. The first-order valence-corrected chi connectivity index (χ1v) is 7.61. The number of pyridine rings is 1. The minimum atomic E-state index is -3.62. The predicted molar refractivity (Wildman–Crippen MR) is 75.9 cm³/mol. The molecule has 0 spiro atoms. The Labute approximate surface area is 118 Å². The summed E-state index contributed by atoms with van der Waals surface area (Å²) in [6, 6.07) is 3.35. The van der Waals surface area contributed by atoms with Gasteiger partial charge in [0.25, 0.3) is 10.0 Å². The molecule has 7 nitrogen and oxygen atoms in total. The van der Waals surface area contributed by atoms with Gasteiger partial charge < -0.3 is 5.32 Å². The highest BCUT2D eigenvalue weighted by Crippen LogP contribution is 2.16. The summed E-state index contributed by atoms with van der Waals surface area (Å²) in [7, 11) is -0.139. The Bertz CT molecular complexity index is 681. The Kier molecular flexibility index (Phi) is 4.35. The lowest BCUT2D eigenvalue weighted by Crippen LogP contribution is -2.27. The van der Waals surface area contributed by atoms with E-state index in [-0.39, 0.29) is 5.03 Å². The number of hydrogen-bond acceptors (Lipinski definition) is 5. The van der Waals surface area contributed by atoms with Gasteiger partial charge in [0, 0.05) is 33.0 Å². The summed E-state index contributed by atoms with van der Waals surface area (Å²) in [5.41, 5.74) is 1.45. The first-order valence-electron chi connectivity index (χ1n) is 6.13. The molecule has 0 saturated carbocycles. The monoisotopic (exact) mass is 295 g/mol. The molecule has 0 unspecified atom stereocenters. The van der Waals surface area contributed by atoms with Gasteiger partial charge in [-0.2, -0.15) is 5.10 Å². The molecule has 0 saturated heterocycles. The molecule has 20 heavy (non-hydrogen) atoms. The lowest BCUT2D eigenvalue weighted by molar-refractivity contribution is 0.578. The van der Waals surface area contributed by atoms with Crippen molar-refractivity contribution in [3.8, 4) is 0 Å². The summed E-state index contributed by atoms with van der Waals surface area (Å²) in [4.78, 5) is 3.92. The van der Waals surface area contributed by atoms with Gasteiger partial charge in [0.2, 0.25) is 0 Å². The van der Waals surface area contributed by atoms with E-state index in [0.717, 1.165) is 5.56 Å². The van der Waals surface area contributed by atoms with Crippen LogP contribution in [0.25, 0.3) is 0 Å². The molecule has 0 bridgehead atoms. The molecule has 2 aromatic heterocycles. The fourth-order valence-electron chi connectivity index (χ4n) is 1.79. The van der Waals surface area contributed by atoms with E-state index in [9.17, 15) is 8.42 Å². The number of hydrogen-bond donors (Lipinski definition) is 2. The number of aromatic nitrogens is 3. The molecule has 0 radical (unpaired) electrons. The molecule has 0 atom stereocenters. The van der Waals surface area contributed by atoms with Crippen molar-refractivity contribution >= 4 is 15.7 Å². The SMILES string of the molecule is CNc1cccnc1S(=O)(=O)NCCc1cnn(C)c1. The maximum Gasteiger partial charge on any atom is 0.260 e. The zero-order valence-electron chi connectivity index (χ0n) is 11.4. The Morgan fingerprint density at radius 1 is 1.40 bits per heavy atom. The normalized spacial score (nSPS) is 11.5. The van der Waals surface area contributed by atoms with E-state index < -0.39 is 10.0 Å². The number of nitrogens with one attached hydrogen (secondary N) is 2. The van der Waals surface area contributed by atoms with E-state index in [1.54, 1.807) is 30.1 Å². The van der Waals surface area contributed by atoms with Crippen LogP contribution in [-0.4, -0.2) is 36.8 Å². The molecule has 2 aromatic rings. The van der Waals surface area contributed by atoms with Crippen LogP contribution in [0.5, 0.6) is 0 Å². The van der Waals surface area contributed by atoms with E-state index in [1.165, 1.54) is 6.20 Å². The third-order valence-corrected chi connectivity index (χ3v) is 4.18. The van der Waals surface area contributed by atoms with E-state index in [0.29, 0.717) is 18.7 Å². The molecular weight excluding hydrogens is 278 g/mol. The van der Waals surface area contributed by atoms with Crippen molar-refractivity contribution in [1.82, 2.24) is 19.5 Å². The second-order valence-electron chi connectivity index (χ2n) is 4.28. The van der Waals surface area contributed by atoms with Crippen LogP contribution in [0.2, 0.25) is 0 Å². The number of anilines is 1. The van der Waals surface area contributed by atoms with E-state index >= 15 is 0 Å². The highest BCUT2D eigenvalue weighted by Gasteiger charge is 2.18. The molecule has 2 N–H and O–H groups in total. The third kappa shape index (κ3) is 3.34. The van der Waals surface area contributed by atoms with Gasteiger partial charge in [-0.15, -0.1) is 0 Å². The Morgan fingerprint density at radius 3 is 2.85 bits per heavy atom. The Balaban J connectivity index is 2.04. The van der Waals surface area contributed by atoms with Crippen LogP contribution >= 0.6 is 0 Å². The first-order chi connectivity index (χ1) is 9.53. The molecular formula is C12H17N5O2S. The summed E-state index contributed by atoms with van der Waals surface area (Å²) in [5, 5.41) is 6.86. The minimum absolute atomic E-state index is 0.00804. The second kappa shape index (κ2) is 6.02. The van der Waals surface area contributed by atoms with Crippen molar-refractivity contribution in [3.05, 3.63) is 36.3 Å². The van der Waals surface area contributed by atoms with Gasteiger partial charge in [0.15, 0.2) is 5.03 Å². The third-order valence-electron chi connectivity index (χ3n) is 2.76. The van der Waals surface area contributed by atoms with Crippen LogP contribution in [0.15, 0.2) is 35.7 Å². The molecule has 2 heterocycles. The average molecular weight is 295 g/mol. The van der Waals surface area contributed by atoms with Crippen molar-refractivity contribution < 1.29 is 8.42 Å². The molecule has 0 aliphatic heterocycles. The van der Waals surface area contributed by atoms with Crippen molar-refractivity contribution in [3.63, 3.8) is 0 Å². The smallest absolute Gasteiger partial charge is 0.260 e. The van der Waals surface area contributed by atoms with Crippen LogP contribution in [0.1, 0.15) is 5.56 Å². The largest absolute Gasteiger partial charge is 0.386 e. The van der Waals surface area contributed by atoms with E-state index in [2.05, 4.69) is 20.1 Å². The van der Waals surface area contributed by atoms with E-state index in [1.807, 2.05) is 13.2 Å². The highest BCUT2D eigenvalue weighted by atomic mass is 32.2. The number of aryl methyl sites for hydroxylation is 1. The van der Waals surface area contributed by atoms with Gasteiger partial charge in [-0.25, -0.2) is 18.1 Å². The number of rotatable bonds is 6. The summed E-state index contributed by atoms with van der Waals surface area (Å²) < 4.78 is 28.6. The Morgan fingerprint density at radius 2 is 2.20 bits per heavy atom. The maximum absolute atomic E-state index is 12.2. The number of sulfonamides is 1. The topological polar surface area (TPSA) is 88.9 Å². The fourth-order valence-corrected chi connectivity index (χ4v) is 2.96. The van der Waals surface area contributed by atoms with Gasteiger partial charge in [0.05, 0.1) is 11.9 Å². The van der Waals surface area contributed by atoms with Crippen molar-refractivity contribution in [2.24, 2.45) is 7.05 Å². The number of nitrogens with zero attached hydrogens (tertiary/aromatic N) is 3. The Hall–Kier alpha value is -1.93. The molecule has 0 aliphatic rings. The zero-order chi connectivity index (χ0) is 14.6. The van der Waals surface area contributed by atoms with Crippen LogP contribution < -0.4 is 10.0 Å². The van der Waals surface area contributed by atoms with Crippen LogP contribution in [0.3, 0.4) is 0 Å². The van der Waals surface area contributed by atoms with Crippen molar-refractivity contribution in [1.29, 1.82) is 0 Å². The fraction of sp³-hybridized carbons (Fsp3) is 0.333. The zero-order valence-corrected chi connectivity index (χ0v) is 12.2. The van der Waals surface area contributed by atoms with E-state index in [4.69, 9.17) is 0 Å². The lowest BCUT2D eigenvalue weighted by atomic mass is 10.3. The second-order valence-corrected chi connectivity index (χ2v) is 5.96. The van der Waals surface area contributed by atoms with Crippen LogP contribution in [-0.2, 0) is 23.5 Å². The molecule has 8 heteroatoms. The van der Waals surface area contributed by atoms with Crippen molar-refractivity contribution in [2.45, 2.75) is 11.4 Å². The molecule has 0 aliphatic carbocycles. The van der Waals surface area contributed by atoms with Gasteiger partial charge >= 0.3 is 0 Å². The lowest BCUT2D eigenvalue weighted by Gasteiger charge is -2.09. The van der Waals surface area contributed by atoms with Gasteiger partial charge in [-0.1, -0.05) is 0 Å². The summed E-state index contributed by atoms with van der Waals surface area (Å²) >= 11 is 0. The van der Waals surface area contributed by atoms with Crippen molar-refractivity contribution in [2.75, 3.05) is 18.9 Å². The molecule has 2 rings (SSSR count). The van der Waals surface area contributed by atoms with Gasteiger partial charge in [-0.05, 0) is 24.1 Å². The molecule has 0 aromatic carbocycles. The van der Waals surface area contributed by atoms with Crippen LogP contribution in [0, 0.1) is 0 Å². The molecule has 0 fully saturated rings. The molecule has 0 amide bonds. The minimum Gasteiger partial charge on any atom is -0.386 e. The summed E-state index contributed by atoms with van der Waals surface area (Å²) in [6.07, 6.45) is 5.60. The first kappa shape index (κ1) is 14.5. The van der Waals surface area contributed by atoms with Gasteiger partial charge in [-0.3, -0.25) is 4.68 Å². The van der Waals surface area contributed by atoms with Crippen LogP contribution in [0.4, 0.5) is 5.69 Å².